The Morgan fingerprint density at radius 2 is 2.20 bits per heavy atom. The number of anilines is 1. The van der Waals surface area contributed by atoms with Gasteiger partial charge in [0.2, 0.25) is 0 Å². The number of carbonyl (C=O) groups is 1. The first kappa shape index (κ1) is 14.5. The monoisotopic (exact) mass is 334 g/mol. The van der Waals surface area contributed by atoms with Gasteiger partial charge in [-0.3, -0.25) is 9.78 Å². The van der Waals surface area contributed by atoms with Crippen molar-refractivity contribution in [1.82, 2.24) is 15.3 Å². The van der Waals surface area contributed by atoms with Crippen molar-refractivity contribution in [2.24, 2.45) is 0 Å². The molecule has 0 aliphatic rings. The lowest BCUT2D eigenvalue weighted by molar-refractivity contribution is 0.0945. The molecule has 2 rings (SSSR count). The zero-order valence-electron chi connectivity index (χ0n) is 11.1. The second kappa shape index (κ2) is 7.00. The normalized spacial score (nSPS) is 10.1. The summed E-state index contributed by atoms with van der Waals surface area (Å²) in [6, 6.07) is 7.78. The van der Waals surface area contributed by atoms with Gasteiger partial charge in [-0.25, -0.2) is 4.98 Å². The Hall–Kier alpha value is -1.95. The summed E-state index contributed by atoms with van der Waals surface area (Å²) in [5.41, 5.74) is 1.32. The Labute approximate surface area is 126 Å². The maximum Gasteiger partial charge on any atom is 0.271 e. The van der Waals surface area contributed by atoms with Crippen LogP contribution in [0.25, 0.3) is 0 Å². The fourth-order valence-corrected chi connectivity index (χ4v) is 2.11. The van der Waals surface area contributed by atoms with E-state index in [-0.39, 0.29) is 5.91 Å². The van der Waals surface area contributed by atoms with Gasteiger partial charge in [0, 0.05) is 17.6 Å². The molecule has 0 fully saturated rings. The number of amides is 1. The van der Waals surface area contributed by atoms with Gasteiger partial charge >= 0.3 is 0 Å². The Morgan fingerprint density at radius 1 is 1.35 bits per heavy atom. The highest BCUT2D eigenvalue weighted by atomic mass is 79.9. The van der Waals surface area contributed by atoms with Crippen LogP contribution < -0.4 is 10.6 Å². The number of nitrogens with zero attached hydrogens (tertiary/aromatic N) is 2. The topological polar surface area (TPSA) is 66.9 Å². The minimum Gasteiger partial charge on any atom is -0.369 e. The van der Waals surface area contributed by atoms with Crippen LogP contribution in [0.2, 0.25) is 0 Å². The Morgan fingerprint density at radius 3 is 2.95 bits per heavy atom. The molecule has 0 aliphatic carbocycles. The molecule has 2 aromatic rings. The highest BCUT2D eigenvalue weighted by Gasteiger charge is 2.08. The summed E-state index contributed by atoms with van der Waals surface area (Å²) in [4.78, 5) is 20.2. The van der Waals surface area contributed by atoms with Crippen LogP contribution in [0, 0.1) is 0 Å². The molecule has 20 heavy (non-hydrogen) atoms. The molecule has 104 valence electrons. The predicted octanol–water partition coefficient (Wildman–Crippen LogP) is 2.60. The average Bonchev–Trinajstić information content (AvgIpc) is 2.45. The van der Waals surface area contributed by atoms with E-state index in [9.17, 15) is 4.79 Å². The summed E-state index contributed by atoms with van der Waals surface area (Å²) >= 11 is 3.40. The molecule has 0 saturated carbocycles. The zero-order valence-corrected chi connectivity index (χ0v) is 12.6. The molecular weight excluding hydrogens is 320 g/mol. The zero-order chi connectivity index (χ0) is 14.4. The number of carbonyl (C=O) groups excluding carboxylic acids is 1. The number of aromatic nitrogens is 2. The Kier molecular flexibility index (Phi) is 5.06. The largest absolute Gasteiger partial charge is 0.369 e. The van der Waals surface area contributed by atoms with E-state index in [2.05, 4.69) is 36.5 Å². The molecule has 1 heterocycles. The Bertz CT molecular complexity index is 603. The van der Waals surface area contributed by atoms with Gasteiger partial charge in [0.15, 0.2) is 0 Å². The molecule has 0 atom stereocenters. The van der Waals surface area contributed by atoms with E-state index in [4.69, 9.17) is 0 Å². The van der Waals surface area contributed by atoms with Crippen molar-refractivity contribution in [3.05, 3.63) is 52.4 Å². The van der Waals surface area contributed by atoms with Crippen molar-refractivity contribution < 1.29 is 4.79 Å². The number of halogens is 1. The van der Waals surface area contributed by atoms with E-state index < -0.39 is 0 Å². The minimum absolute atomic E-state index is 0.239. The van der Waals surface area contributed by atoms with E-state index in [0.29, 0.717) is 18.1 Å². The maximum absolute atomic E-state index is 12.0. The van der Waals surface area contributed by atoms with Crippen molar-refractivity contribution in [1.29, 1.82) is 0 Å². The third kappa shape index (κ3) is 4.03. The smallest absolute Gasteiger partial charge is 0.271 e. The quantitative estimate of drug-likeness (QED) is 0.881. The van der Waals surface area contributed by atoms with Crippen molar-refractivity contribution in [2.45, 2.75) is 13.5 Å². The van der Waals surface area contributed by atoms with Crippen LogP contribution in [-0.4, -0.2) is 22.4 Å². The lowest BCUT2D eigenvalue weighted by Gasteiger charge is -2.07. The predicted molar refractivity (Wildman–Crippen MR) is 81.5 cm³/mol. The Balaban J connectivity index is 1.99. The summed E-state index contributed by atoms with van der Waals surface area (Å²) in [5.74, 6) is 0.361. The lowest BCUT2D eigenvalue weighted by Crippen LogP contribution is -2.24. The fourth-order valence-electron chi connectivity index (χ4n) is 1.66. The third-order valence-corrected chi connectivity index (χ3v) is 3.06. The molecule has 5 nitrogen and oxygen atoms in total. The van der Waals surface area contributed by atoms with E-state index in [0.717, 1.165) is 16.6 Å². The first-order valence-electron chi connectivity index (χ1n) is 6.27. The highest BCUT2D eigenvalue weighted by molar-refractivity contribution is 9.10. The van der Waals surface area contributed by atoms with E-state index in [1.54, 1.807) is 6.20 Å². The molecule has 0 aliphatic heterocycles. The van der Waals surface area contributed by atoms with E-state index in [1.165, 1.54) is 6.20 Å². The van der Waals surface area contributed by atoms with Crippen LogP contribution in [0.3, 0.4) is 0 Å². The maximum atomic E-state index is 12.0. The number of benzene rings is 1. The fraction of sp³-hybridized carbons (Fsp3) is 0.214. The van der Waals surface area contributed by atoms with Crippen molar-refractivity contribution >= 4 is 27.7 Å². The highest BCUT2D eigenvalue weighted by Crippen LogP contribution is 2.11. The molecular formula is C14H15BrN4O. The van der Waals surface area contributed by atoms with Crippen LogP contribution in [0.15, 0.2) is 41.1 Å². The molecule has 2 N–H and O–H groups in total. The minimum atomic E-state index is -0.239. The van der Waals surface area contributed by atoms with Crippen LogP contribution in [0.5, 0.6) is 0 Å². The third-order valence-electron chi connectivity index (χ3n) is 2.57. The number of hydrogen-bond acceptors (Lipinski definition) is 4. The summed E-state index contributed by atoms with van der Waals surface area (Å²) in [5, 5.41) is 5.85. The van der Waals surface area contributed by atoms with E-state index >= 15 is 0 Å². The first-order valence-corrected chi connectivity index (χ1v) is 7.07. The molecule has 0 unspecified atom stereocenters. The van der Waals surface area contributed by atoms with Gasteiger partial charge in [-0.2, -0.15) is 0 Å². The lowest BCUT2D eigenvalue weighted by atomic mass is 10.2. The molecule has 1 aromatic carbocycles. The SMILES string of the molecule is CCNc1cncc(C(=O)NCc2cccc(Br)c2)n1. The van der Waals surface area contributed by atoms with Gasteiger partial charge in [-0.15, -0.1) is 0 Å². The van der Waals surface area contributed by atoms with Gasteiger partial charge in [0.05, 0.1) is 12.4 Å². The second-order valence-corrected chi connectivity index (χ2v) is 5.05. The summed E-state index contributed by atoms with van der Waals surface area (Å²) in [6.07, 6.45) is 3.05. The summed E-state index contributed by atoms with van der Waals surface area (Å²) < 4.78 is 0.984. The van der Waals surface area contributed by atoms with Crippen molar-refractivity contribution in [3.8, 4) is 0 Å². The molecule has 6 heteroatoms. The molecule has 0 bridgehead atoms. The first-order chi connectivity index (χ1) is 9.69. The van der Waals surface area contributed by atoms with E-state index in [1.807, 2.05) is 31.2 Å². The van der Waals surface area contributed by atoms with Crippen molar-refractivity contribution in [2.75, 3.05) is 11.9 Å². The number of nitrogens with one attached hydrogen (secondary N) is 2. The summed E-state index contributed by atoms with van der Waals surface area (Å²) in [6.45, 7) is 3.14. The van der Waals surface area contributed by atoms with Crippen LogP contribution in [0.4, 0.5) is 5.82 Å². The van der Waals surface area contributed by atoms with Crippen LogP contribution in [0.1, 0.15) is 23.0 Å². The van der Waals surface area contributed by atoms with Gasteiger partial charge in [-0.1, -0.05) is 28.1 Å². The summed E-state index contributed by atoms with van der Waals surface area (Å²) in [7, 11) is 0. The standard InChI is InChI=1S/C14H15BrN4O/c1-2-17-13-9-16-8-12(19-13)14(20)18-7-10-4-3-5-11(15)6-10/h3-6,8-9H,2,7H2,1H3,(H,17,19)(H,18,20). The van der Waals surface area contributed by atoms with Gasteiger partial charge < -0.3 is 10.6 Å². The molecule has 0 saturated heterocycles. The van der Waals surface area contributed by atoms with Crippen LogP contribution >= 0.6 is 15.9 Å². The van der Waals surface area contributed by atoms with Crippen molar-refractivity contribution in [3.63, 3.8) is 0 Å². The molecule has 0 radical (unpaired) electrons. The van der Waals surface area contributed by atoms with Crippen LogP contribution in [-0.2, 0) is 6.54 Å². The molecule has 1 amide bonds. The van der Waals surface area contributed by atoms with Gasteiger partial charge in [-0.05, 0) is 24.6 Å². The van der Waals surface area contributed by atoms with Gasteiger partial charge in [0.25, 0.3) is 5.91 Å². The second-order valence-electron chi connectivity index (χ2n) is 4.13. The molecule has 0 spiro atoms. The van der Waals surface area contributed by atoms with Gasteiger partial charge in [0.1, 0.15) is 11.5 Å². The molecule has 1 aromatic heterocycles. The number of hydrogen-bond donors (Lipinski definition) is 2. The average molecular weight is 335 g/mol. The number of rotatable bonds is 5.